The van der Waals surface area contributed by atoms with E-state index < -0.39 is 6.23 Å². The molecule has 1 unspecified atom stereocenters. The molecule has 3 heterocycles. The van der Waals surface area contributed by atoms with Gasteiger partial charge in [0.25, 0.3) is 0 Å². The van der Waals surface area contributed by atoms with Crippen molar-refractivity contribution in [1.82, 2.24) is 0 Å². The Kier molecular flexibility index (Phi) is 2.39. The van der Waals surface area contributed by atoms with Crippen molar-refractivity contribution in [2.75, 3.05) is 25.5 Å². The van der Waals surface area contributed by atoms with Crippen molar-refractivity contribution in [2.24, 2.45) is 0 Å². The number of aliphatic hydroxyl groups excluding tert-OH is 1. The first-order chi connectivity index (χ1) is 13.3. The van der Waals surface area contributed by atoms with Crippen molar-refractivity contribution < 1.29 is 24.1 Å². The van der Waals surface area contributed by atoms with Gasteiger partial charge in [0.05, 0.1) is 11.3 Å². The third-order valence-electron chi connectivity index (χ3n) is 5.30. The molecule has 1 atom stereocenters. The summed E-state index contributed by atoms with van der Waals surface area (Å²) in [5, 5.41) is 7.20. The van der Waals surface area contributed by atoms with Gasteiger partial charge < -0.3 is 29.0 Å². The molecule has 26 heavy (non-hydrogen) atoms. The lowest BCUT2D eigenvalue weighted by Gasteiger charge is -2.35. The fraction of sp³-hybridized carbons (Fsp3) is 0.200. The van der Waals surface area contributed by atoms with Gasteiger partial charge in [-0.25, -0.2) is 0 Å². The van der Waals surface area contributed by atoms with Crippen LogP contribution >= 0.6 is 0 Å². The van der Waals surface area contributed by atoms with E-state index in [-0.39, 0.29) is 13.6 Å². The molecule has 3 aromatic rings. The van der Waals surface area contributed by atoms with E-state index in [1.165, 1.54) is 0 Å². The van der Waals surface area contributed by atoms with Crippen molar-refractivity contribution in [3.8, 4) is 34.1 Å². The largest absolute Gasteiger partial charge is 0.454 e. The van der Waals surface area contributed by atoms with E-state index in [1.807, 2.05) is 36.2 Å². The van der Waals surface area contributed by atoms with Crippen molar-refractivity contribution in [2.45, 2.75) is 6.23 Å². The maximum atomic E-state index is 7.71. The molecule has 0 fully saturated rings. The number of aliphatic hydroxyl groups is 1. The summed E-state index contributed by atoms with van der Waals surface area (Å²) >= 11 is 0. The molecule has 1 N–H and O–H groups in total. The smallest absolute Gasteiger partial charge is 0.231 e. The van der Waals surface area contributed by atoms with Crippen LogP contribution in [0.3, 0.4) is 0 Å². The SMILES string of the molecule is [2H]OC1c2c(ccc3c2OCO3)-c2ccc3cc4c(cc3c2N1C)OCO4. The Morgan fingerprint density at radius 3 is 2.62 bits per heavy atom. The molecule has 0 amide bonds. The summed E-state index contributed by atoms with van der Waals surface area (Å²) in [6.07, 6.45) is -0.611. The third-order valence-corrected chi connectivity index (χ3v) is 5.30. The minimum Gasteiger partial charge on any atom is -0.454 e. The predicted molar refractivity (Wildman–Crippen MR) is 95.0 cm³/mol. The van der Waals surface area contributed by atoms with Crippen molar-refractivity contribution >= 4 is 16.5 Å². The monoisotopic (exact) mass is 350 g/mol. The zero-order valence-corrected chi connectivity index (χ0v) is 13.9. The Labute approximate surface area is 150 Å². The van der Waals surface area contributed by atoms with Crippen LogP contribution in [-0.4, -0.2) is 27.2 Å². The molecule has 6 nitrogen and oxygen atoms in total. The van der Waals surface area contributed by atoms with Gasteiger partial charge in [-0.1, -0.05) is 12.1 Å². The Hall–Kier alpha value is -3.12. The second-order valence-corrected chi connectivity index (χ2v) is 6.61. The van der Waals surface area contributed by atoms with E-state index in [0.717, 1.165) is 44.6 Å². The van der Waals surface area contributed by atoms with Crippen LogP contribution in [0.15, 0.2) is 36.4 Å². The molecule has 0 aromatic heterocycles. The summed E-state index contributed by atoms with van der Waals surface area (Å²) in [4.78, 5) is 1.96. The van der Waals surface area contributed by atoms with E-state index >= 15 is 0 Å². The summed E-state index contributed by atoms with van der Waals surface area (Å²) in [6, 6.07) is 12.0. The highest BCUT2D eigenvalue weighted by molar-refractivity contribution is 6.05. The molecule has 6 rings (SSSR count). The van der Waals surface area contributed by atoms with Gasteiger partial charge in [0.15, 0.2) is 29.2 Å². The number of hydrogen-bond acceptors (Lipinski definition) is 6. The second kappa shape index (κ2) is 4.74. The zero-order valence-electron chi connectivity index (χ0n) is 14.9. The lowest BCUT2D eigenvalue weighted by atomic mass is 9.89. The molecule has 3 aliphatic heterocycles. The lowest BCUT2D eigenvalue weighted by Crippen LogP contribution is -2.28. The maximum Gasteiger partial charge on any atom is 0.231 e. The Balaban J connectivity index is 1.68. The van der Waals surface area contributed by atoms with Gasteiger partial charge in [-0.15, -0.1) is 0 Å². The summed E-state index contributed by atoms with van der Waals surface area (Å²) in [5.74, 6) is 2.80. The summed E-state index contributed by atoms with van der Waals surface area (Å²) in [7, 11) is 1.92. The van der Waals surface area contributed by atoms with Gasteiger partial charge >= 0.3 is 0 Å². The topological polar surface area (TPSA) is 60.4 Å². The Morgan fingerprint density at radius 1 is 0.962 bits per heavy atom. The number of benzene rings is 3. The fourth-order valence-electron chi connectivity index (χ4n) is 4.08. The first-order valence-corrected chi connectivity index (χ1v) is 8.40. The highest BCUT2D eigenvalue weighted by atomic mass is 16.7. The van der Waals surface area contributed by atoms with Gasteiger partial charge in [0, 0.05) is 18.0 Å². The average Bonchev–Trinajstić information content (AvgIpc) is 3.34. The van der Waals surface area contributed by atoms with Gasteiger partial charge in [0.1, 0.15) is 0 Å². The zero-order chi connectivity index (χ0) is 18.1. The number of ether oxygens (including phenoxy) is 4. The van der Waals surface area contributed by atoms with Crippen LogP contribution < -0.4 is 23.8 Å². The lowest BCUT2D eigenvalue weighted by molar-refractivity contribution is 0.157. The average molecular weight is 350 g/mol. The van der Waals surface area contributed by atoms with Gasteiger partial charge in [-0.3, -0.25) is 0 Å². The van der Waals surface area contributed by atoms with Gasteiger partial charge in [-0.05, 0) is 35.2 Å². The van der Waals surface area contributed by atoms with Crippen LogP contribution in [0.1, 0.15) is 11.8 Å². The predicted octanol–water partition coefficient (Wildman–Crippen LogP) is 3.40. The normalized spacial score (nSPS) is 19.3. The molecule has 3 aliphatic rings. The minimum atomic E-state index is -0.611. The third kappa shape index (κ3) is 1.64. The summed E-state index contributed by atoms with van der Waals surface area (Å²) in [6.45, 7) is 0.405. The van der Waals surface area contributed by atoms with E-state index in [1.54, 1.807) is 0 Å². The van der Waals surface area contributed by atoms with E-state index in [4.69, 9.17) is 25.5 Å². The van der Waals surface area contributed by atoms with Crippen LogP contribution in [0, 0.1) is 0 Å². The quantitative estimate of drug-likeness (QED) is 0.726. The molecule has 6 heteroatoms. The van der Waals surface area contributed by atoms with E-state index in [9.17, 15) is 0 Å². The second-order valence-electron chi connectivity index (χ2n) is 6.61. The molecule has 0 spiro atoms. The highest BCUT2D eigenvalue weighted by Gasteiger charge is 2.35. The van der Waals surface area contributed by atoms with Crippen LogP contribution in [0.4, 0.5) is 5.69 Å². The maximum absolute atomic E-state index is 7.71. The molecule has 0 bridgehead atoms. The molecular weight excluding hydrogens is 334 g/mol. The number of nitrogens with zero attached hydrogens (tertiary/aromatic N) is 1. The van der Waals surface area contributed by atoms with Gasteiger partial charge in [-0.2, -0.15) is 0 Å². The number of rotatable bonds is 1. The van der Waals surface area contributed by atoms with Crippen molar-refractivity contribution in [1.29, 1.82) is 1.43 Å². The first kappa shape index (κ1) is 13.1. The van der Waals surface area contributed by atoms with Crippen molar-refractivity contribution in [3.63, 3.8) is 0 Å². The number of anilines is 1. The minimum absolute atomic E-state index is 0.175. The standard InChI is InChI=1S/C20H15NO5/c1-21-18-12(3-2-10-6-15-16(7-13(10)18)25-8-24-15)11-4-5-14-19(26-9-23-14)17(11)20(21)22/h2-7,20,22H,8-9H2,1H3/i22D. The Bertz CT molecular complexity index is 1120. The molecule has 0 aliphatic carbocycles. The number of fused-ring (bicyclic) bond motifs is 8. The van der Waals surface area contributed by atoms with Crippen LogP contribution in [0.5, 0.6) is 23.0 Å². The molecular formula is C20H15NO5. The summed E-state index contributed by atoms with van der Waals surface area (Å²) in [5.41, 5.74) is 3.82. The van der Waals surface area contributed by atoms with E-state index in [0.29, 0.717) is 11.5 Å². The fourth-order valence-corrected chi connectivity index (χ4v) is 4.08. The van der Waals surface area contributed by atoms with Crippen LogP contribution in [0.2, 0.25) is 0 Å². The van der Waals surface area contributed by atoms with Crippen LogP contribution in [0.25, 0.3) is 21.9 Å². The van der Waals surface area contributed by atoms with Crippen molar-refractivity contribution in [3.05, 3.63) is 42.0 Å². The highest BCUT2D eigenvalue weighted by Crippen LogP contribution is 2.53. The molecule has 130 valence electrons. The van der Waals surface area contributed by atoms with Gasteiger partial charge in [0.2, 0.25) is 15.0 Å². The molecule has 0 saturated heterocycles. The first-order valence-electron chi connectivity index (χ1n) is 8.81. The van der Waals surface area contributed by atoms with Crippen LogP contribution in [-0.2, 0) is 0 Å². The Morgan fingerprint density at radius 2 is 1.73 bits per heavy atom. The summed E-state index contributed by atoms with van der Waals surface area (Å²) < 4.78 is 30.0. The number of hydrogen-bond donors (Lipinski definition) is 1. The molecule has 0 saturated carbocycles. The van der Waals surface area contributed by atoms with E-state index in [2.05, 4.69) is 12.1 Å². The molecule has 0 radical (unpaired) electrons. The molecule has 3 aromatic carbocycles.